The van der Waals surface area contributed by atoms with Gasteiger partial charge < -0.3 is 14.6 Å². The van der Waals surface area contributed by atoms with Gasteiger partial charge in [-0.2, -0.15) is 11.8 Å². The van der Waals surface area contributed by atoms with E-state index >= 15 is 0 Å². The molecule has 98 valence electrons. The molecule has 1 saturated heterocycles. The number of aliphatic hydroxyl groups excluding tert-OH is 1. The molecule has 1 N–H and O–H groups in total. The largest absolute Gasteiger partial charge is 0.510 e. The second-order valence-electron chi connectivity index (χ2n) is 4.09. The van der Waals surface area contributed by atoms with Gasteiger partial charge in [0.1, 0.15) is 11.2 Å². The van der Waals surface area contributed by atoms with Gasteiger partial charge >= 0.3 is 17.9 Å². The average molecular weight is 272 g/mol. The normalized spacial score (nSPS) is 22.9. The molecule has 0 aromatic carbocycles. The van der Waals surface area contributed by atoms with E-state index in [-0.39, 0.29) is 0 Å². The van der Waals surface area contributed by atoms with Gasteiger partial charge in [-0.1, -0.05) is 0 Å². The molecule has 1 fully saturated rings. The van der Waals surface area contributed by atoms with Gasteiger partial charge in [0, 0.05) is 0 Å². The third kappa shape index (κ3) is 1.78. The van der Waals surface area contributed by atoms with E-state index in [1.54, 1.807) is 11.8 Å². The summed E-state index contributed by atoms with van der Waals surface area (Å²) in [6.45, 7) is 0. The molecule has 0 amide bonds. The molecule has 0 aromatic heterocycles. The summed E-state index contributed by atoms with van der Waals surface area (Å²) in [5.74, 6) is -2.10. The molecule has 0 aromatic rings. The number of cyclic esters (lactones) is 2. The smallest absolute Gasteiger partial charge is 0.356 e. The summed E-state index contributed by atoms with van der Waals surface area (Å²) in [4.78, 5) is 34.8. The van der Waals surface area contributed by atoms with Crippen LogP contribution in [0.25, 0.3) is 0 Å². The van der Waals surface area contributed by atoms with Crippen LogP contribution < -0.4 is 0 Å². The number of methoxy groups -OCH3 is 1. The molecule has 0 atom stereocenters. The lowest BCUT2D eigenvalue weighted by molar-refractivity contribution is -0.169. The molecule has 0 bridgehead atoms. The van der Waals surface area contributed by atoms with Gasteiger partial charge in [0.05, 0.1) is 7.11 Å². The Bertz CT molecular complexity index is 446. The summed E-state index contributed by atoms with van der Waals surface area (Å²) in [7, 11) is 1.09. The summed E-state index contributed by atoms with van der Waals surface area (Å²) < 4.78 is 9.01. The molecular formula is C11H12O6S. The van der Waals surface area contributed by atoms with E-state index in [0.717, 1.165) is 7.11 Å². The van der Waals surface area contributed by atoms with Crippen LogP contribution in [0.3, 0.4) is 0 Å². The van der Waals surface area contributed by atoms with Crippen LogP contribution in [-0.2, 0) is 23.9 Å². The van der Waals surface area contributed by atoms with Crippen molar-refractivity contribution in [3.05, 3.63) is 11.3 Å². The summed E-state index contributed by atoms with van der Waals surface area (Å²) in [5.41, 5.74) is -1.83. The standard InChI is InChI=1S/C11H12O6S/c1-16-8(13)6-7(12)11(2-4-18-5-3-11)10(15)17-9(6)14/h12H,2-5H2,1H3. The van der Waals surface area contributed by atoms with Crippen LogP contribution in [0.1, 0.15) is 12.8 Å². The Morgan fingerprint density at radius 3 is 2.56 bits per heavy atom. The van der Waals surface area contributed by atoms with Gasteiger partial charge in [-0.25, -0.2) is 9.59 Å². The predicted molar refractivity (Wildman–Crippen MR) is 61.8 cm³/mol. The quantitative estimate of drug-likeness (QED) is 0.424. The highest BCUT2D eigenvalue weighted by Gasteiger charge is 2.53. The minimum Gasteiger partial charge on any atom is -0.510 e. The Labute approximate surface area is 107 Å². The molecule has 2 aliphatic heterocycles. The molecule has 7 heteroatoms. The van der Waals surface area contributed by atoms with Crippen molar-refractivity contribution in [3.63, 3.8) is 0 Å². The second-order valence-corrected chi connectivity index (χ2v) is 5.31. The van der Waals surface area contributed by atoms with E-state index in [0.29, 0.717) is 24.3 Å². The monoisotopic (exact) mass is 272 g/mol. The second kappa shape index (κ2) is 4.64. The van der Waals surface area contributed by atoms with E-state index in [9.17, 15) is 19.5 Å². The number of thioether (sulfide) groups is 1. The zero-order valence-electron chi connectivity index (χ0n) is 9.73. The van der Waals surface area contributed by atoms with Crippen LogP contribution in [0.5, 0.6) is 0 Å². The first-order valence-corrected chi connectivity index (χ1v) is 6.55. The molecule has 6 nitrogen and oxygen atoms in total. The number of carbonyl (C=O) groups is 3. The number of ether oxygens (including phenoxy) is 2. The number of hydrogen-bond acceptors (Lipinski definition) is 7. The zero-order chi connectivity index (χ0) is 13.3. The highest BCUT2D eigenvalue weighted by Crippen LogP contribution is 2.45. The number of aliphatic hydroxyl groups is 1. The van der Waals surface area contributed by atoms with Gasteiger partial charge in [-0.05, 0) is 24.3 Å². The number of carbonyl (C=O) groups excluding carboxylic acids is 3. The number of esters is 3. The summed E-state index contributed by atoms with van der Waals surface area (Å²) in [6.07, 6.45) is 0.687. The molecule has 0 radical (unpaired) electrons. The van der Waals surface area contributed by atoms with Gasteiger partial charge in [-0.15, -0.1) is 0 Å². The lowest BCUT2D eigenvalue weighted by atomic mass is 9.77. The highest BCUT2D eigenvalue weighted by atomic mass is 32.2. The first-order valence-electron chi connectivity index (χ1n) is 5.39. The van der Waals surface area contributed by atoms with Crippen LogP contribution in [0.15, 0.2) is 11.3 Å². The number of rotatable bonds is 1. The van der Waals surface area contributed by atoms with Crippen molar-refractivity contribution in [2.24, 2.45) is 5.41 Å². The molecule has 0 aliphatic carbocycles. The van der Waals surface area contributed by atoms with Crippen LogP contribution in [0, 0.1) is 5.41 Å². The topological polar surface area (TPSA) is 89.9 Å². The van der Waals surface area contributed by atoms with Gasteiger partial charge in [-0.3, -0.25) is 4.79 Å². The van der Waals surface area contributed by atoms with Crippen molar-refractivity contribution >= 4 is 29.7 Å². The Morgan fingerprint density at radius 2 is 2.00 bits per heavy atom. The maximum atomic E-state index is 11.8. The van der Waals surface area contributed by atoms with E-state index < -0.39 is 34.7 Å². The van der Waals surface area contributed by atoms with Crippen molar-refractivity contribution in [2.45, 2.75) is 12.8 Å². The third-order valence-electron chi connectivity index (χ3n) is 3.21. The average Bonchev–Trinajstić information content (AvgIpc) is 2.37. The summed E-state index contributed by atoms with van der Waals surface area (Å²) in [6, 6.07) is 0. The Morgan fingerprint density at radius 1 is 1.39 bits per heavy atom. The SMILES string of the molecule is COC(=O)C1=C(O)C2(CCSCC2)C(=O)OC1=O. The fourth-order valence-corrected chi connectivity index (χ4v) is 3.30. The Hall–Kier alpha value is -1.50. The maximum Gasteiger partial charge on any atom is 0.356 e. The summed E-state index contributed by atoms with van der Waals surface area (Å²) in [5, 5.41) is 10.1. The Balaban J connectivity index is 2.51. The zero-order valence-corrected chi connectivity index (χ0v) is 10.5. The minimum atomic E-state index is -1.26. The molecule has 18 heavy (non-hydrogen) atoms. The lowest BCUT2D eigenvalue weighted by Crippen LogP contribution is -2.45. The molecule has 2 rings (SSSR count). The van der Waals surface area contributed by atoms with Crippen molar-refractivity contribution in [1.82, 2.24) is 0 Å². The van der Waals surface area contributed by atoms with E-state index in [4.69, 9.17) is 0 Å². The van der Waals surface area contributed by atoms with Gasteiger partial charge in [0.2, 0.25) is 0 Å². The van der Waals surface area contributed by atoms with Crippen molar-refractivity contribution < 1.29 is 29.0 Å². The summed E-state index contributed by atoms with van der Waals surface area (Å²) >= 11 is 1.64. The van der Waals surface area contributed by atoms with Crippen molar-refractivity contribution in [3.8, 4) is 0 Å². The van der Waals surface area contributed by atoms with Crippen LogP contribution in [0.2, 0.25) is 0 Å². The van der Waals surface area contributed by atoms with E-state index in [1.165, 1.54) is 0 Å². The van der Waals surface area contributed by atoms with Crippen molar-refractivity contribution in [1.29, 1.82) is 0 Å². The highest BCUT2D eigenvalue weighted by molar-refractivity contribution is 7.99. The lowest BCUT2D eigenvalue weighted by Gasteiger charge is -2.36. The van der Waals surface area contributed by atoms with E-state index in [1.807, 2.05) is 0 Å². The molecule has 2 heterocycles. The fraction of sp³-hybridized carbons (Fsp3) is 0.545. The molecule has 2 aliphatic rings. The molecule has 0 unspecified atom stereocenters. The predicted octanol–water partition coefficient (Wildman–Crippen LogP) is 0.568. The van der Waals surface area contributed by atoms with Gasteiger partial charge in [0.15, 0.2) is 5.57 Å². The van der Waals surface area contributed by atoms with Crippen LogP contribution in [0.4, 0.5) is 0 Å². The maximum absolute atomic E-state index is 11.8. The first-order chi connectivity index (χ1) is 8.53. The minimum absolute atomic E-state index is 0.343. The van der Waals surface area contributed by atoms with Crippen LogP contribution >= 0.6 is 11.8 Å². The molecule has 0 saturated carbocycles. The van der Waals surface area contributed by atoms with Crippen molar-refractivity contribution in [2.75, 3.05) is 18.6 Å². The molecular weight excluding hydrogens is 260 g/mol. The van der Waals surface area contributed by atoms with Crippen LogP contribution in [-0.4, -0.2) is 41.6 Å². The van der Waals surface area contributed by atoms with Gasteiger partial charge in [0.25, 0.3) is 0 Å². The number of hydrogen-bond donors (Lipinski definition) is 1. The molecule has 1 spiro atoms. The first kappa shape index (κ1) is 12.9. The van der Waals surface area contributed by atoms with E-state index in [2.05, 4.69) is 9.47 Å². The Kier molecular flexibility index (Phi) is 3.34. The fourth-order valence-electron chi connectivity index (χ4n) is 2.11. The third-order valence-corrected chi connectivity index (χ3v) is 4.19.